The van der Waals surface area contributed by atoms with E-state index in [2.05, 4.69) is 27.8 Å². The second-order valence-corrected chi connectivity index (χ2v) is 7.56. The van der Waals surface area contributed by atoms with Crippen molar-refractivity contribution in [1.29, 1.82) is 0 Å². The van der Waals surface area contributed by atoms with E-state index in [0.29, 0.717) is 5.13 Å². The molecule has 2 N–H and O–H groups in total. The van der Waals surface area contributed by atoms with Gasteiger partial charge in [-0.05, 0) is 31.7 Å². The summed E-state index contributed by atoms with van der Waals surface area (Å²) in [5.74, 6) is -0.958. The van der Waals surface area contributed by atoms with E-state index < -0.39 is 11.8 Å². The van der Waals surface area contributed by atoms with Crippen molar-refractivity contribution >= 4 is 28.3 Å². The minimum atomic E-state index is -0.643. The Morgan fingerprint density at radius 2 is 1.96 bits per heavy atom. The third-order valence-corrected chi connectivity index (χ3v) is 5.64. The Balaban J connectivity index is 1.61. The van der Waals surface area contributed by atoms with Gasteiger partial charge >= 0.3 is 11.8 Å². The summed E-state index contributed by atoms with van der Waals surface area (Å²) in [4.78, 5) is 29.9. The molecule has 0 radical (unpaired) electrons. The zero-order valence-corrected chi connectivity index (χ0v) is 15.4. The van der Waals surface area contributed by atoms with Gasteiger partial charge in [-0.15, -0.1) is 11.3 Å². The Morgan fingerprint density at radius 1 is 1.20 bits per heavy atom. The summed E-state index contributed by atoms with van der Waals surface area (Å²) in [6.45, 7) is 3.99. The molecule has 2 atom stereocenters. The molecule has 1 aromatic carbocycles. The molecule has 0 saturated heterocycles. The molecular weight excluding hydrogens is 334 g/mol. The standard InChI is InChI=1S/C19H23N3O2S/c1-3-15-12(2)25-19(21-15)22-18(24)17(23)20-16-11-7-10-14(16)13-8-5-4-6-9-13/h4-6,8-9,14,16H,3,7,10-11H2,1-2H3,(H,20,23)(H,21,22,24)/t14-,16-/m1/s1. The molecule has 1 aliphatic carbocycles. The van der Waals surface area contributed by atoms with Gasteiger partial charge in [-0.25, -0.2) is 4.98 Å². The summed E-state index contributed by atoms with van der Waals surface area (Å²) < 4.78 is 0. The highest BCUT2D eigenvalue weighted by atomic mass is 32.1. The minimum absolute atomic E-state index is 0.00452. The van der Waals surface area contributed by atoms with Crippen LogP contribution < -0.4 is 10.6 Å². The lowest BCUT2D eigenvalue weighted by Gasteiger charge is -2.21. The number of carbonyl (C=O) groups excluding carboxylic acids is 2. The van der Waals surface area contributed by atoms with Crippen molar-refractivity contribution in [2.45, 2.75) is 51.5 Å². The van der Waals surface area contributed by atoms with Gasteiger partial charge in [-0.3, -0.25) is 14.9 Å². The second-order valence-electron chi connectivity index (χ2n) is 6.36. The van der Waals surface area contributed by atoms with Gasteiger partial charge in [-0.1, -0.05) is 43.7 Å². The summed E-state index contributed by atoms with van der Waals surface area (Å²) in [5, 5.41) is 6.02. The van der Waals surface area contributed by atoms with Crippen LogP contribution >= 0.6 is 11.3 Å². The highest BCUT2D eigenvalue weighted by Gasteiger charge is 2.31. The largest absolute Gasteiger partial charge is 0.344 e. The van der Waals surface area contributed by atoms with Gasteiger partial charge in [0.15, 0.2) is 5.13 Å². The zero-order valence-electron chi connectivity index (χ0n) is 14.5. The van der Waals surface area contributed by atoms with Gasteiger partial charge in [0.05, 0.1) is 5.69 Å². The zero-order chi connectivity index (χ0) is 17.8. The van der Waals surface area contributed by atoms with E-state index in [1.807, 2.05) is 32.0 Å². The van der Waals surface area contributed by atoms with Crippen LogP contribution in [0.25, 0.3) is 0 Å². The number of carbonyl (C=O) groups is 2. The van der Waals surface area contributed by atoms with Crippen molar-refractivity contribution in [3.63, 3.8) is 0 Å². The van der Waals surface area contributed by atoms with Crippen LogP contribution in [0.3, 0.4) is 0 Å². The average Bonchev–Trinajstić information content (AvgIpc) is 3.21. The van der Waals surface area contributed by atoms with E-state index >= 15 is 0 Å². The number of amides is 2. The number of thiazole rings is 1. The summed E-state index contributed by atoms with van der Waals surface area (Å²) in [6, 6.07) is 10.2. The maximum atomic E-state index is 12.3. The predicted octanol–water partition coefficient (Wildman–Crippen LogP) is 3.40. The molecule has 1 aliphatic rings. The SMILES string of the molecule is CCc1nc(NC(=O)C(=O)N[C@@H]2CCC[C@@H]2c2ccccc2)sc1C. The molecule has 0 unspecified atom stereocenters. The number of hydrogen-bond acceptors (Lipinski definition) is 4. The molecule has 1 heterocycles. The Morgan fingerprint density at radius 3 is 2.64 bits per heavy atom. The third kappa shape index (κ3) is 4.07. The second kappa shape index (κ2) is 7.78. The monoisotopic (exact) mass is 357 g/mol. The summed E-state index contributed by atoms with van der Waals surface area (Å²) >= 11 is 1.40. The Bertz CT molecular complexity index is 757. The first-order valence-corrected chi connectivity index (χ1v) is 9.53. The van der Waals surface area contributed by atoms with Crippen molar-refractivity contribution in [3.8, 4) is 0 Å². The molecule has 1 fully saturated rings. The lowest BCUT2D eigenvalue weighted by atomic mass is 9.94. The normalized spacial score (nSPS) is 19.6. The molecule has 5 nitrogen and oxygen atoms in total. The van der Waals surface area contributed by atoms with E-state index in [0.717, 1.165) is 36.3 Å². The van der Waals surface area contributed by atoms with Gasteiger partial charge in [0.25, 0.3) is 0 Å². The van der Waals surface area contributed by atoms with Gasteiger partial charge in [-0.2, -0.15) is 0 Å². The average molecular weight is 357 g/mol. The fraction of sp³-hybridized carbons (Fsp3) is 0.421. The number of rotatable bonds is 4. The number of aromatic nitrogens is 1. The number of nitrogens with one attached hydrogen (secondary N) is 2. The first kappa shape index (κ1) is 17.6. The van der Waals surface area contributed by atoms with Crippen LogP contribution in [0, 0.1) is 6.92 Å². The molecule has 0 bridgehead atoms. The lowest BCUT2D eigenvalue weighted by molar-refractivity contribution is -0.136. The molecule has 25 heavy (non-hydrogen) atoms. The molecule has 1 aromatic heterocycles. The Hall–Kier alpha value is -2.21. The molecule has 6 heteroatoms. The lowest BCUT2D eigenvalue weighted by Crippen LogP contribution is -2.42. The van der Waals surface area contributed by atoms with Gasteiger partial charge in [0, 0.05) is 16.8 Å². The van der Waals surface area contributed by atoms with Crippen LogP contribution in [0.1, 0.15) is 48.2 Å². The maximum absolute atomic E-state index is 12.3. The van der Waals surface area contributed by atoms with Crippen molar-refractivity contribution in [2.75, 3.05) is 5.32 Å². The van der Waals surface area contributed by atoms with E-state index in [4.69, 9.17) is 0 Å². The van der Waals surface area contributed by atoms with Gasteiger partial charge in [0.1, 0.15) is 0 Å². The van der Waals surface area contributed by atoms with Crippen LogP contribution in [0.4, 0.5) is 5.13 Å². The van der Waals surface area contributed by atoms with E-state index in [1.165, 1.54) is 16.9 Å². The molecule has 0 aliphatic heterocycles. The molecule has 1 saturated carbocycles. The molecule has 2 aromatic rings. The van der Waals surface area contributed by atoms with E-state index in [-0.39, 0.29) is 12.0 Å². The van der Waals surface area contributed by atoms with Gasteiger partial charge in [0.2, 0.25) is 0 Å². The van der Waals surface area contributed by atoms with E-state index in [1.54, 1.807) is 0 Å². The fourth-order valence-electron chi connectivity index (χ4n) is 3.43. The number of aryl methyl sites for hydroxylation is 2. The van der Waals surface area contributed by atoms with Crippen LogP contribution in [0.15, 0.2) is 30.3 Å². The van der Waals surface area contributed by atoms with E-state index in [9.17, 15) is 9.59 Å². The van der Waals surface area contributed by atoms with Crippen LogP contribution in [-0.4, -0.2) is 22.8 Å². The minimum Gasteiger partial charge on any atom is -0.344 e. The summed E-state index contributed by atoms with van der Waals surface area (Å²) in [5.41, 5.74) is 2.18. The molecular formula is C19H23N3O2S. The molecule has 2 amide bonds. The van der Waals surface area contributed by atoms with Crippen LogP contribution in [0.2, 0.25) is 0 Å². The van der Waals surface area contributed by atoms with Crippen molar-refractivity contribution in [1.82, 2.24) is 10.3 Å². The van der Waals surface area contributed by atoms with Crippen molar-refractivity contribution in [3.05, 3.63) is 46.5 Å². The predicted molar refractivity (Wildman–Crippen MR) is 99.8 cm³/mol. The summed E-state index contributed by atoms with van der Waals surface area (Å²) in [6.07, 6.45) is 3.79. The van der Waals surface area contributed by atoms with Crippen molar-refractivity contribution in [2.24, 2.45) is 0 Å². The first-order chi connectivity index (χ1) is 12.1. The van der Waals surface area contributed by atoms with Crippen molar-refractivity contribution < 1.29 is 9.59 Å². The van der Waals surface area contributed by atoms with Crippen LogP contribution in [0.5, 0.6) is 0 Å². The topological polar surface area (TPSA) is 71.1 Å². The number of nitrogens with zero attached hydrogens (tertiary/aromatic N) is 1. The van der Waals surface area contributed by atoms with Crippen LogP contribution in [-0.2, 0) is 16.0 Å². The van der Waals surface area contributed by atoms with Gasteiger partial charge < -0.3 is 5.32 Å². The third-order valence-electron chi connectivity index (χ3n) is 4.71. The number of hydrogen-bond donors (Lipinski definition) is 2. The maximum Gasteiger partial charge on any atom is 0.315 e. The Kier molecular flexibility index (Phi) is 5.48. The molecule has 132 valence electrons. The molecule has 0 spiro atoms. The highest BCUT2D eigenvalue weighted by molar-refractivity contribution is 7.15. The fourth-order valence-corrected chi connectivity index (χ4v) is 4.33. The highest BCUT2D eigenvalue weighted by Crippen LogP contribution is 2.34. The molecule has 3 rings (SSSR count). The summed E-state index contributed by atoms with van der Waals surface area (Å²) in [7, 11) is 0. The Labute approximate surface area is 151 Å². The quantitative estimate of drug-likeness (QED) is 0.824. The number of anilines is 1. The first-order valence-electron chi connectivity index (χ1n) is 8.71. The smallest absolute Gasteiger partial charge is 0.315 e. The number of benzene rings is 1.